The molecule has 0 radical (unpaired) electrons. The molecule has 2 rings (SSSR count). The first-order valence-corrected chi connectivity index (χ1v) is 10.9. The van der Waals surface area contributed by atoms with Crippen molar-refractivity contribution < 1.29 is 14.3 Å². The number of amides is 1. The van der Waals surface area contributed by atoms with Crippen molar-refractivity contribution in [3.05, 3.63) is 95.8 Å². The molecule has 0 saturated carbocycles. The predicted octanol–water partition coefficient (Wildman–Crippen LogP) is 4.50. The summed E-state index contributed by atoms with van der Waals surface area (Å²) >= 11 is 0. The highest BCUT2D eigenvalue weighted by Crippen LogP contribution is 2.27. The molecule has 2 N–H and O–H groups in total. The molecule has 0 saturated heterocycles. The SMILES string of the molecule is C=C(N/C(=C\C)C(=C)N(CCOC)c1ccc(C(=O)NCCOC)cc1C)c1ccccc1. The summed E-state index contributed by atoms with van der Waals surface area (Å²) in [5.74, 6) is -0.126. The van der Waals surface area contributed by atoms with Gasteiger partial charge in [-0.05, 0) is 43.2 Å². The molecule has 0 aliphatic carbocycles. The monoisotopic (exact) mass is 449 g/mol. The lowest BCUT2D eigenvalue weighted by atomic mass is 10.1. The van der Waals surface area contributed by atoms with E-state index in [1.54, 1.807) is 14.2 Å². The van der Waals surface area contributed by atoms with E-state index >= 15 is 0 Å². The number of hydrogen-bond donors (Lipinski definition) is 2. The maximum atomic E-state index is 12.4. The summed E-state index contributed by atoms with van der Waals surface area (Å²) in [7, 11) is 3.28. The van der Waals surface area contributed by atoms with Crippen LogP contribution >= 0.6 is 0 Å². The fourth-order valence-electron chi connectivity index (χ4n) is 3.38. The van der Waals surface area contributed by atoms with Crippen molar-refractivity contribution in [3.8, 4) is 0 Å². The van der Waals surface area contributed by atoms with Crippen molar-refractivity contribution in [2.24, 2.45) is 0 Å². The Bertz CT molecular complexity index is 983. The highest BCUT2D eigenvalue weighted by molar-refractivity contribution is 5.95. The standard InChI is InChI=1S/C27H35N3O3/c1-7-25(29-21(3)23-11-9-8-10-12-23)22(4)30(16-18-33-6)26-14-13-24(19-20(26)2)27(31)28-15-17-32-5/h7-14,19,29H,3-4,15-18H2,1-2,5-6H3,(H,28,31)/b25-7-. The van der Waals surface area contributed by atoms with Crippen LogP contribution < -0.4 is 15.5 Å². The number of carbonyl (C=O) groups excluding carboxylic acids is 1. The van der Waals surface area contributed by atoms with E-state index < -0.39 is 0 Å². The molecule has 1 amide bonds. The Labute approximate surface area is 197 Å². The Morgan fingerprint density at radius 1 is 1.03 bits per heavy atom. The summed E-state index contributed by atoms with van der Waals surface area (Å²) in [5.41, 5.74) is 5.95. The number of nitrogens with zero attached hydrogens (tertiary/aromatic N) is 1. The van der Waals surface area contributed by atoms with E-state index in [0.717, 1.165) is 33.9 Å². The molecule has 0 bridgehead atoms. The minimum Gasteiger partial charge on any atom is -0.383 e. The molecule has 0 aliphatic rings. The molecule has 0 heterocycles. The second-order valence-corrected chi connectivity index (χ2v) is 7.51. The largest absolute Gasteiger partial charge is 0.383 e. The van der Waals surface area contributed by atoms with Crippen LogP contribution in [0.2, 0.25) is 0 Å². The van der Waals surface area contributed by atoms with Gasteiger partial charge in [0.15, 0.2) is 0 Å². The first-order chi connectivity index (χ1) is 15.9. The molecule has 0 unspecified atom stereocenters. The number of methoxy groups -OCH3 is 2. The van der Waals surface area contributed by atoms with Gasteiger partial charge in [0.25, 0.3) is 5.91 Å². The van der Waals surface area contributed by atoms with Gasteiger partial charge < -0.3 is 25.0 Å². The summed E-state index contributed by atoms with van der Waals surface area (Å²) in [6.07, 6.45) is 1.98. The van der Waals surface area contributed by atoms with Crippen LogP contribution in [-0.2, 0) is 9.47 Å². The number of benzene rings is 2. The average molecular weight is 450 g/mol. The molecular formula is C27H35N3O3. The Morgan fingerprint density at radius 3 is 2.33 bits per heavy atom. The minimum atomic E-state index is -0.126. The quantitative estimate of drug-likeness (QED) is 0.348. The summed E-state index contributed by atoms with van der Waals surface area (Å²) in [6.45, 7) is 14.5. The molecule has 176 valence electrons. The van der Waals surface area contributed by atoms with Crippen LogP contribution in [0.1, 0.15) is 28.4 Å². The molecule has 0 aromatic heterocycles. The van der Waals surface area contributed by atoms with Crippen LogP contribution in [0.25, 0.3) is 5.70 Å². The van der Waals surface area contributed by atoms with E-state index in [4.69, 9.17) is 9.47 Å². The molecule has 2 aromatic rings. The summed E-state index contributed by atoms with van der Waals surface area (Å²) in [6, 6.07) is 15.6. The number of aryl methyl sites for hydroxylation is 1. The second-order valence-electron chi connectivity index (χ2n) is 7.51. The fraction of sp³-hybridized carbons (Fsp3) is 0.296. The first-order valence-electron chi connectivity index (χ1n) is 10.9. The lowest BCUT2D eigenvalue weighted by Crippen LogP contribution is -2.31. The van der Waals surface area contributed by atoms with Gasteiger partial charge in [0.1, 0.15) is 0 Å². The van der Waals surface area contributed by atoms with E-state index in [-0.39, 0.29) is 5.91 Å². The van der Waals surface area contributed by atoms with Crippen molar-refractivity contribution in [1.82, 2.24) is 10.6 Å². The van der Waals surface area contributed by atoms with Crippen molar-refractivity contribution in [2.75, 3.05) is 45.4 Å². The number of ether oxygens (including phenoxy) is 2. The maximum Gasteiger partial charge on any atom is 0.251 e. The number of nitrogens with one attached hydrogen (secondary N) is 2. The number of hydrogen-bond acceptors (Lipinski definition) is 5. The van der Waals surface area contributed by atoms with E-state index in [9.17, 15) is 4.79 Å². The topological polar surface area (TPSA) is 62.8 Å². The number of anilines is 1. The van der Waals surface area contributed by atoms with Gasteiger partial charge in [-0.3, -0.25) is 4.79 Å². The number of rotatable bonds is 13. The zero-order valence-electron chi connectivity index (χ0n) is 20.1. The van der Waals surface area contributed by atoms with E-state index in [1.165, 1.54) is 0 Å². The van der Waals surface area contributed by atoms with Crippen LogP contribution in [0.15, 0.2) is 79.2 Å². The van der Waals surface area contributed by atoms with Gasteiger partial charge in [0.2, 0.25) is 0 Å². The van der Waals surface area contributed by atoms with Crippen LogP contribution in [0.5, 0.6) is 0 Å². The van der Waals surface area contributed by atoms with E-state index in [0.29, 0.717) is 31.9 Å². The summed E-state index contributed by atoms with van der Waals surface area (Å²) < 4.78 is 10.3. The summed E-state index contributed by atoms with van der Waals surface area (Å²) in [4.78, 5) is 14.5. The zero-order valence-corrected chi connectivity index (χ0v) is 20.1. The Hall–Kier alpha value is -3.35. The number of allylic oxidation sites excluding steroid dienone is 1. The van der Waals surface area contributed by atoms with Crippen LogP contribution in [-0.4, -0.2) is 46.4 Å². The molecule has 0 fully saturated rings. The Morgan fingerprint density at radius 2 is 1.73 bits per heavy atom. The van der Waals surface area contributed by atoms with Crippen molar-refractivity contribution >= 4 is 17.3 Å². The van der Waals surface area contributed by atoms with Gasteiger partial charge in [-0.15, -0.1) is 0 Å². The van der Waals surface area contributed by atoms with Gasteiger partial charge in [0.05, 0.1) is 24.6 Å². The molecular weight excluding hydrogens is 414 g/mol. The van der Waals surface area contributed by atoms with Gasteiger partial charge in [0, 0.05) is 44.3 Å². The molecule has 0 atom stereocenters. The molecule has 6 heteroatoms. The van der Waals surface area contributed by atoms with Gasteiger partial charge in [-0.1, -0.05) is 49.6 Å². The average Bonchev–Trinajstić information content (AvgIpc) is 2.83. The Kier molecular flexibility index (Phi) is 10.4. The third-order valence-electron chi connectivity index (χ3n) is 5.19. The molecule has 6 nitrogen and oxygen atoms in total. The molecule has 0 spiro atoms. The van der Waals surface area contributed by atoms with Crippen LogP contribution in [0, 0.1) is 6.92 Å². The minimum absolute atomic E-state index is 0.126. The normalized spacial score (nSPS) is 11.1. The lowest BCUT2D eigenvalue weighted by Gasteiger charge is -2.30. The summed E-state index contributed by atoms with van der Waals surface area (Å²) in [5, 5.41) is 6.25. The van der Waals surface area contributed by atoms with Crippen molar-refractivity contribution in [3.63, 3.8) is 0 Å². The highest BCUT2D eigenvalue weighted by Gasteiger charge is 2.18. The van der Waals surface area contributed by atoms with E-state index in [2.05, 4.69) is 28.7 Å². The van der Waals surface area contributed by atoms with Crippen molar-refractivity contribution in [2.45, 2.75) is 13.8 Å². The molecule has 0 aliphatic heterocycles. The molecule has 33 heavy (non-hydrogen) atoms. The zero-order chi connectivity index (χ0) is 24.2. The van der Waals surface area contributed by atoms with Gasteiger partial charge >= 0.3 is 0 Å². The van der Waals surface area contributed by atoms with Crippen LogP contribution in [0.3, 0.4) is 0 Å². The van der Waals surface area contributed by atoms with E-state index in [1.807, 2.05) is 68.5 Å². The first kappa shape index (κ1) is 25.9. The third-order valence-corrected chi connectivity index (χ3v) is 5.19. The second kappa shape index (κ2) is 13.3. The Balaban J connectivity index is 2.25. The lowest BCUT2D eigenvalue weighted by molar-refractivity contribution is 0.0937. The maximum absolute atomic E-state index is 12.4. The van der Waals surface area contributed by atoms with Gasteiger partial charge in [-0.2, -0.15) is 0 Å². The smallest absolute Gasteiger partial charge is 0.251 e. The van der Waals surface area contributed by atoms with Crippen molar-refractivity contribution in [1.29, 1.82) is 0 Å². The predicted molar refractivity (Wildman–Crippen MR) is 136 cm³/mol. The molecule has 2 aromatic carbocycles. The highest BCUT2D eigenvalue weighted by atomic mass is 16.5. The van der Waals surface area contributed by atoms with Gasteiger partial charge in [-0.25, -0.2) is 0 Å². The number of carbonyl (C=O) groups is 1. The van der Waals surface area contributed by atoms with Crippen LogP contribution in [0.4, 0.5) is 5.69 Å². The fourth-order valence-corrected chi connectivity index (χ4v) is 3.38. The third kappa shape index (κ3) is 7.34.